The average Bonchev–Trinajstić information content (AvgIpc) is 2.82. The van der Waals surface area contributed by atoms with Gasteiger partial charge in [-0.15, -0.1) is 0 Å². The normalized spacial score (nSPS) is 17.2. The highest BCUT2D eigenvalue weighted by atomic mass is 35.5. The molecule has 3 rings (SSSR count). The number of rotatable bonds is 8. The maximum atomic E-state index is 14.0. The van der Waals surface area contributed by atoms with E-state index in [9.17, 15) is 26.4 Å². The second-order valence-electron chi connectivity index (χ2n) is 9.04. The first-order valence-electron chi connectivity index (χ1n) is 11.8. The Hall–Kier alpha value is -2.14. The zero-order chi connectivity index (χ0) is 26.7. The first-order chi connectivity index (χ1) is 16.9. The lowest BCUT2D eigenvalue weighted by atomic mass is 10.00. The van der Waals surface area contributed by atoms with Gasteiger partial charge in [-0.1, -0.05) is 36.2 Å². The van der Waals surface area contributed by atoms with Crippen molar-refractivity contribution in [1.82, 2.24) is 15.5 Å². The van der Waals surface area contributed by atoms with E-state index in [1.165, 1.54) is 19.1 Å². The number of carbonyl (C=O) groups excluding carboxylic acids is 1. The van der Waals surface area contributed by atoms with Crippen LogP contribution >= 0.6 is 11.6 Å². The van der Waals surface area contributed by atoms with Crippen LogP contribution < -0.4 is 10.6 Å². The van der Waals surface area contributed by atoms with Gasteiger partial charge in [-0.05, 0) is 62.7 Å². The van der Waals surface area contributed by atoms with E-state index in [-0.39, 0.29) is 45.9 Å². The molecule has 2 aromatic rings. The fourth-order valence-electron chi connectivity index (χ4n) is 4.42. The Morgan fingerprint density at radius 2 is 1.94 bits per heavy atom. The van der Waals surface area contributed by atoms with Gasteiger partial charge in [0.2, 0.25) is 0 Å². The van der Waals surface area contributed by atoms with E-state index in [0.29, 0.717) is 18.7 Å². The van der Waals surface area contributed by atoms with E-state index in [4.69, 9.17) is 11.6 Å². The van der Waals surface area contributed by atoms with Crippen LogP contribution in [0.15, 0.2) is 35.2 Å². The van der Waals surface area contributed by atoms with Crippen LogP contribution in [0.5, 0.6) is 0 Å². The molecule has 1 amide bonds. The van der Waals surface area contributed by atoms with Crippen LogP contribution in [0.25, 0.3) is 0 Å². The topological polar surface area (TPSA) is 78.5 Å². The van der Waals surface area contributed by atoms with Crippen LogP contribution in [0.1, 0.15) is 52.4 Å². The molecule has 0 saturated carbocycles. The first-order valence-corrected chi connectivity index (χ1v) is 13.8. The standard InChI is InChI=1S/C25H31ClF3N3O3S/c1-4-36(34,35)23-8-7-16(2)10-18(23)13-31-24(33)17-11-21(25(27,28)29)20(22(26)12-17)15-32-9-5-6-19(14-32)30-3/h7-8,10-12,19,30H,4-6,9,13-15H2,1-3H3,(H,31,33)/t19-/m0/s1. The highest BCUT2D eigenvalue weighted by Crippen LogP contribution is 2.37. The fraction of sp³-hybridized carbons (Fsp3) is 0.480. The summed E-state index contributed by atoms with van der Waals surface area (Å²) in [6.07, 6.45) is -2.89. The number of hydrogen-bond acceptors (Lipinski definition) is 5. The van der Waals surface area contributed by atoms with Gasteiger partial charge in [0.25, 0.3) is 5.91 Å². The zero-order valence-electron chi connectivity index (χ0n) is 20.5. The van der Waals surface area contributed by atoms with Gasteiger partial charge in [-0.3, -0.25) is 9.69 Å². The molecular formula is C25H31ClF3N3O3S. The van der Waals surface area contributed by atoms with Crippen LogP contribution in [0, 0.1) is 6.92 Å². The van der Waals surface area contributed by atoms with Gasteiger partial charge in [0.1, 0.15) is 0 Å². The molecule has 1 heterocycles. The summed E-state index contributed by atoms with van der Waals surface area (Å²) in [4.78, 5) is 14.9. The maximum absolute atomic E-state index is 14.0. The molecule has 1 aliphatic heterocycles. The molecule has 36 heavy (non-hydrogen) atoms. The third-order valence-corrected chi connectivity index (χ3v) is 8.59. The van der Waals surface area contributed by atoms with Crippen molar-refractivity contribution in [3.8, 4) is 0 Å². The number of benzene rings is 2. The number of aryl methyl sites for hydroxylation is 1. The number of halogens is 4. The van der Waals surface area contributed by atoms with Crippen LogP contribution in [-0.2, 0) is 29.1 Å². The number of nitrogens with zero attached hydrogens (tertiary/aromatic N) is 1. The number of likely N-dealkylation sites (N-methyl/N-ethyl adjacent to an activating group) is 1. The zero-order valence-corrected chi connectivity index (χ0v) is 22.1. The van der Waals surface area contributed by atoms with Crippen molar-refractivity contribution >= 4 is 27.3 Å². The van der Waals surface area contributed by atoms with Gasteiger partial charge >= 0.3 is 6.18 Å². The monoisotopic (exact) mass is 545 g/mol. The van der Waals surface area contributed by atoms with Crippen molar-refractivity contribution in [2.24, 2.45) is 0 Å². The smallest absolute Gasteiger partial charge is 0.348 e. The van der Waals surface area contributed by atoms with Gasteiger partial charge < -0.3 is 10.6 Å². The van der Waals surface area contributed by atoms with E-state index < -0.39 is 27.5 Å². The highest BCUT2D eigenvalue weighted by Gasteiger charge is 2.36. The molecule has 0 radical (unpaired) electrons. The molecule has 0 aromatic heterocycles. The Balaban J connectivity index is 1.87. The van der Waals surface area contributed by atoms with E-state index in [0.717, 1.165) is 24.5 Å². The molecule has 0 spiro atoms. The van der Waals surface area contributed by atoms with Crippen molar-refractivity contribution in [2.75, 3.05) is 25.9 Å². The average molecular weight is 546 g/mol. The lowest BCUT2D eigenvalue weighted by molar-refractivity contribution is -0.138. The van der Waals surface area contributed by atoms with Crippen LogP contribution in [0.4, 0.5) is 13.2 Å². The molecule has 11 heteroatoms. The Morgan fingerprint density at radius 1 is 1.22 bits per heavy atom. The van der Waals surface area contributed by atoms with Crippen LogP contribution in [0.2, 0.25) is 5.02 Å². The third-order valence-electron chi connectivity index (χ3n) is 6.43. The maximum Gasteiger partial charge on any atom is 0.416 e. The first kappa shape index (κ1) is 28.4. The number of sulfone groups is 1. The molecule has 1 saturated heterocycles. The van der Waals surface area contributed by atoms with Crippen LogP contribution in [-0.4, -0.2) is 51.2 Å². The fourth-order valence-corrected chi connectivity index (χ4v) is 5.82. The Bertz CT molecular complexity index is 1220. The summed E-state index contributed by atoms with van der Waals surface area (Å²) in [5.41, 5.74) is -0.0909. The molecule has 2 aromatic carbocycles. The third kappa shape index (κ3) is 6.79. The number of carbonyl (C=O) groups is 1. The van der Waals surface area contributed by atoms with Crippen molar-refractivity contribution in [2.45, 2.75) is 56.9 Å². The molecule has 6 nitrogen and oxygen atoms in total. The molecule has 2 N–H and O–H groups in total. The lowest BCUT2D eigenvalue weighted by Crippen LogP contribution is -2.44. The van der Waals surface area contributed by atoms with Gasteiger partial charge in [0.15, 0.2) is 9.84 Å². The number of hydrogen-bond donors (Lipinski definition) is 2. The molecule has 1 fully saturated rings. The molecule has 0 aliphatic carbocycles. The summed E-state index contributed by atoms with van der Waals surface area (Å²) in [7, 11) is -1.72. The summed E-state index contributed by atoms with van der Waals surface area (Å²) in [6, 6.07) is 7.01. The largest absolute Gasteiger partial charge is 0.416 e. The minimum Gasteiger partial charge on any atom is -0.348 e. The molecular weight excluding hydrogens is 515 g/mol. The quantitative estimate of drug-likeness (QED) is 0.508. The van der Waals surface area contributed by atoms with Gasteiger partial charge in [0, 0.05) is 36.3 Å². The molecule has 0 bridgehead atoms. The van der Waals surface area contributed by atoms with Crippen molar-refractivity contribution in [1.29, 1.82) is 0 Å². The number of likely N-dealkylation sites (tertiary alicyclic amines) is 1. The summed E-state index contributed by atoms with van der Waals surface area (Å²) >= 11 is 6.31. The number of nitrogens with one attached hydrogen (secondary N) is 2. The van der Waals surface area contributed by atoms with E-state index in [2.05, 4.69) is 10.6 Å². The van der Waals surface area contributed by atoms with E-state index >= 15 is 0 Å². The second kappa shape index (κ2) is 11.5. The van der Waals surface area contributed by atoms with E-state index in [1.54, 1.807) is 19.1 Å². The molecule has 1 atom stereocenters. The number of alkyl halides is 3. The second-order valence-corrected chi connectivity index (χ2v) is 11.7. The van der Waals surface area contributed by atoms with Crippen molar-refractivity contribution in [3.05, 3.63) is 63.2 Å². The number of amides is 1. The predicted molar refractivity (Wildman–Crippen MR) is 134 cm³/mol. The molecule has 0 unspecified atom stereocenters. The Kier molecular flexibility index (Phi) is 9.08. The van der Waals surface area contributed by atoms with E-state index in [1.807, 2.05) is 11.9 Å². The lowest BCUT2D eigenvalue weighted by Gasteiger charge is -2.33. The van der Waals surface area contributed by atoms with Gasteiger partial charge in [-0.2, -0.15) is 13.2 Å². The Labute approximate surface area is 215 Å². The summed E-state index contributed by atoms with van der Waals surface area (Å²) in [6.45, 7) is 4.43. The Morgan fingerprint density at radius 3 is 2.58 bits per heavy atom. The highest BCUT2D eigenvalue weighted by molar-refractivity contribution is 7.91. The summed E-state index contributed by atoms with van der Waals surface area (Å²) in [5, 5.41) is 5.58. The van der Waals surface area contributed by atoms with Crippen molar-refractivity contribution < 1.29 is 26.4 Å². The minimum absolute atomic E-state index is 0.0231. The number of piperidine rings is 1. The SMILES string of the molecule is CCS(=O)(=O)c1ccc(C)cc1CNC(=O)c1cc(Cl)c(CN2CCC[C@H](NC)C2)c(C(F)(F)F)c1. The predicted octanol–water partition coefficient (Wildman–Crippen LogP) is 4.57. The minimum atomic E-state index is -4.70. The van der Waals surface area contributed by atoms with Gasteiger partial charge in [-0.25, -0.2) is 8.42 Å². The molecule has 1 aliphatic rings. The van der Waals surface area contributed by atoms with Gasteiger partial charge in [0.05, 0.1) is 16.2 Å². The van der Waals surface area contributed by atoms with Crippen molar-refractivity contribution in [3.63, 3.8) is 0 Å². The molecule has 198 valence electrons. The van der Waals surface area contributed by atoms with Crippen LogP contribution in [0.3, 0.4) is 0 Å². The summed E-state index contributed by atoms with van der Waals surface area (Å²) < 4.78 is 66.8. The summed E-state index contributed by atoms with van der Waals surface area (Å²) in [5.74, 6) is -0.890.